The molecule has 5 heteroatoms. The molecule has 0 aliphatic carbocycles. The molecule has 0 aliphatic heterocycles. The second-order valence-electron chi connectivity index (χ2n) is 8.97. The molecule has 0 rings (SSSR count). The third-order valence-electron chi connectivity index (χ3n) is 5.39. The van der Waals surface area contributed by atoms with E-state index in [9.17, 15) is 0 Å². The van der Waals surface area contributed by atoms with Gasteiger partial charge in [0.25, 0.3) is 0 Å². The van der Waals surface area contributed by atoms with Crippen molar-refractivity contribution in [1.82, 2.24) is 13.4 Å². The predicted molar refractivity (Wildman–Crippen MR) is 121 cm³/mol. The molecule has 0 bridgehead atoms. The maximum atomic E-state index is 3.06. The van der Waals surface area contributed by atoms with Gasteiger partial charge in [0.1, 0.15) is 0 Å². The molecule has 0 saturated carbocycles. The lowest BCUT2D eigenvalue weighted by Crippen LogP contribution is -2.75. The van der Waals surface area contributed by atoms with Crippen LogP contribution in [0, 0.1) is 5.92 Å². The van der Waals surface area contributed by atoms with Crippen LogP contribution in [-0.2, 0) is 0 Å². The van der Waals surface area contributed by atoms with Crippen molar-refractivity contribution in [1.29, 1.82) is 0 Å². The van der Waals surface area contributed by atoms with Gasteiger partial charge in [-0.3, -0.25) is 0 Å². The summed E-state index contributed by atoms with van der Waals surface area (Å²) < 4.78 is 8.81. The lowest BCUT2D eigenvalue weighted by atomic mass is 10.2. The van der Waals surface area contributed by atoms with Crippen LogP contribution >= 0.6 is 0 Å². The molecular weight excluding hydrogens is 338 g/mol. The van der Waals surface area contributed by atoms with E-state index in [1.807, 2.05) is 0 Å². The first kappa shape index (κ1) is 25.3. The summed E-state index contributed by atoms with van der Waals surface area (Å²) >= 11 is 0. The van der Waals surface area contributed by atoms with Gasteiger partial charge < -0.3 is 13.4 Å². The van der Waals surface area contributed by atoms with E-state index in [0.717, 1.165) is 5.92 Å². The van der Waals surface area contributed by atoms with Gasteiger partial charge in [-0.2, -0.15) is 0 Å². The summed E-state index contributed by atoms with van der Waals surface area (Å²) in [5, 5.41) is 0. The van der Waals surface area contributed by atoms with E-state index in [2.05, 4.69) is 81.1 Å². The Hall–Kier alpha value is 0.314. The number of rotatable bonds is 14. The Balaban J connectivity index is 5.83. The van der Waals surface area contributed by atoms with Gasteiger partial charge in [-0.1, -0.05) is 41.5 Å². The van der Waals surface area contributed by atoms with Crippen LogP contribution in [0.25, 0.3) is 0 Å². The lowest BCUT2D eigenvalue weighted by Gasteiger charge is -2.55. The average molecular weight is 388 g/mol. The number of hydrogen-bond acceptors (Lipinski definition) is 3. The van der Waals surface area contributed by atoms with Gasteiger partial charge in [-0.15, -0.1) is 0 Å². The van der Waals surface area contributed by atoms with Crippen LogP contribution in [0.15, 0.2) is 0 Å². The number of hydrogen-bond donors (Lipinski definition) is 0. The molecule has 0 aromatic carbocycles. The monoisotopic (exact) mass is 387 g/mol. The van der Waals surface area contributed by atoms with Crippen molar-refractivity contribution >= 4 is 16.8 Å². The molecule has 0 atom stereocenters. The lowest BCUT2D eigenvalue weighted by molar-refractivity contribution is 0.326. The first-order chi connectivity index (χ1) is 11.6. The first-order valence-electron chi connectivity index (χ1n) is 10.9. The van der Waals surface area contributed by atoms with Gasteiger partial charge in [0.15, 0.2) is 16.8 Å². The fraction of sp³-hybridized carbons (Fsp3) is 1.00. The van der Waals surface area contributed by atoms with Gasteiger partial charge in [0.05, 0.1) is 0 Å². The third kappa shape index (κ3) is 7.45. The molecule has 0 amide bonds. The molecule has 152 valence electrons. The summed E-state index contributed by atoms with van der Waals surface area (Å²) in [5.74, 6) is 0.730. The predicted octanol–water partition coefficient (Wildman–Crippen LogP) is 5.59. The van der Waals surface area contributed by atoms with Crippen molar-refractivity contribution in [2.24, 2.45) is 5.92 Å². The molecule has 0 radical (unpaired) electrons. The highest BCUT2D eigenvalue weighted by Gasteiger charge is 2.47. The molecule has 3 nitrogen and oxygen atoms in total. The largest absolute Gasteiger partial charge is 0.321 e. The normalized spacial score (nSPS) is 13.7. The molecular formula is C20H49N3Si2. The summed E-state index contributed by atoms with van der Waals surface area (Å²) in [4.78, 5) is 0. The highest BCUT2D eigenvalue weighted by molar-refractivity contribution is 6.88. The zero-order valence-electron chi connectivity index (χ0n) is 19.3. The molecule has 0 aromatic rings. The highest BCUT2D eigenvalue weighted by atomic mass is 28.4. The summed E-state index contributed by atoms with van der Waals surface area (Å²) in [6.07, 6.45) is 5.06. The molecule has 0 spiro atoms. The fourth-order valence-corrected chi connectivity index (χ4v) is 15.8. The van der Waals surface area contributed by atoms with Gasteiger partial charge in [0.2, 0.25) is 0 Å². The van der Waals surface area contributed by atoms with Crippen LogP contribution in [0.5, 0.6) is 0 Å². The van der Waals surface area contributed by atoms with Gasteiger partial charge >= 0.3 is 0 Å². The van der Waals surface area contributed by atoms with Crippen LogP contribution in [0.1, 0.15) is 67.2 Å². The molecule has 0 heterocycles. The maximum Gasteiger partial charge on any atom is 0.194 e. The molecule has 0 unspecified atom stereocenters. The van der Waals surface area contributed by atoms with Crippen molar-refractivity contribution in [3.05, 3.63) is 0 Å². The summed E-state index contributed by atoms with van der Waals surface area (Å²) in [6, 6.07) is 0. The van der Waals surface area contributed by atoms with Crippen molar-refractivity contribution in [2.75, 3.05) is 32.7 Å². The van der Waals surface area contributed by atoms with Crippen LogP contribution in [0.2, 0.25) is 26.2 Å². The molecule has 0 saturated heterocycles. The SMILES string of the molecule is CCCN(CCC)[Si](C)(C)N(CC(C)C)[Si](C)(C)N(CCC)CCC. The van der Waals surface area contributed by atoms with Gasteiger partial charge in [0, 0.05) is 0 Å². The minimum Gasteiger partial charge on any atom is -0.321 e. The second-order valence-corrected chi connectivity index (χ2v) is 17.7. The van der Waals surface area contributed by atoms with Crippen molar-refractivity contribution in [3.63, 3.8) is 0 Å². The first-order valence-corrected chi connectivity index (χ1v) is 16.7. The Labute approximate surface area is 162 Å². The van der Waals surface area contributed by atoms with E-state index in [4.69, 9.17) is 0 Å². The van der Waals surface area contributed by atoms with E-state index < -0.39 is 16.8 Å². The van der Waals surface area contributed by atoms with E-state index in [1.54, 1.807) is 0 Å². The van der Waals surface area contributed by atoms with Crippen molar-refractivity contribution < 1.29 is 0 Å². The van der Waals surface area contributed by atoms with Crippen molar-refractivity contribution in [3.8, 4) is 0 Å². The minimum absolute atomic E-state index is 0.730. The second kappa shape index (κ2) is 11.9. The van der Waals surface area contributed by atoms with E-state index in [0.29, 0.717) is 0 Å². The van der Waals surface area contributed by atoms with Crippen LogP contribution in [0.4, 0.5) is 0 Å². The highest BCUT2D eigenvalue weighted by Crippen LogP contribution is 2.28. The van der Waals surface area contributed by atoms with E-state index >= 15 is 0 Å². The Morgan fingerprint density at radius 2 is 0.880 bits per heavy atom. The fourth-order valence-electron chi connectivity index (χ4n) is 4.22. The molecule has 0 aromatic heterocycles. The summed E-state index contributed by atoms with van der Waals surface area (Å²) in [7, 11) is -3.27. The molecule has 0 fully saturated rings. The van der Waals surface area contributed by atoms with Gasteiger partial charge in [-0.05, 0) is 90.5 Å². The minimum atomic E-state index is -1.64. The third-order valence-corrected chi connectivity index (χ3v) is 15.7. The standard InChI is InChI=1S/C20H49N3Si2/c1-11-15-21(16-12-2)24(7,8)23(19-20(5)6)25(9,10)22(17-13-3)18-14-4/h20H,11-19H2,1-10H3. The van der Waals surface area contributed by atoms with Crippen LogP contribution in [0.3, 0.4) is 0 Å². The van der Waals surface area contributed by atoms with Gasteiger partial charge in [-0.25, -0.2) is 0 Å². The molecule has 0 N–H and O–H groups in total. The topological polar surface area (TPSA) is 9.72 Å². The Kier molecular flexibility index (Phi) is 12.1. The van der Waals surface area contributed by atoms with Crippen LogP contribution < -0.4 is 0 Å². The average Bonchev–Trinajstić information content (AvgIpc) is 2.51. The smallest absolute Gasteiger partial charge is 0.194 e. The summed E-state index contributed by atoms with van der Waals surface area (Å²) in [5.41, 5.74) is 0. The summed E-state index contributed by atoms with van der Waals surface area (Å²) in [6.45, 7) is 30.9. The zero-order chi connectivity index (χ0) is 19.7. The van der Waals surface area contributed by atoms with E-state index in [-0.39, 0.29) is 0 Å². The number of nitrogens with zero attached hydrogens (tertiary/aromatic N) is 3. The quantitative estimate of drug-likeness (QED) is 0.360. The van der Waals surface area contributed by atoms with E-state index in [1.165, 1.54) is 58.4 Å². The van der Waals surface area contributed by atoms with Crippen LogP contribution in [-0.4, -0.2) is 62.9 Å². The Morgan fingerprint density at radius 3 is 1.08 bits per heavy atom. The zero-order valence-corrected chi connectivity index (χ0v) is 21.3. The molecule has 25 heavy (non-hydrogen) atoms. The Bertz CT molecular complexity index is 306. The van der Waals surface area contributed by atoms with Crippen molar-refractivity contribution in [2.45, 2.75) is 93.4 Å². The molecule has 0 aliphatic rings. The maximum absolute atomic E-state index is 3.06. The Morgan fingerprint density at radius 1 is 0.600 bits per heavy atom.